The van der Waals surface area contributed by atoms with E-state index < -0.39 is 0 Å². The molecular formula is C13H15ClN4O. The van der Waals surface area contributed by atoms with Crippen LogP contribution in [-0.2, 0) is 4.79 Å². The van der Waals surface area contributed by atoms with Gasteiger partial charge in [0.15, 0.2) is 0 Å². The quantitative estimate of drug-likeness (QED) is 0.885. The van der Waals surface area contributed by atoms with Crippen molar-refractivity contribution in [3.8, 4) is 6.07 Å². The molecule has 0 atom stereocenters. The number of hydrogen-bond donors (Lipinski definition) is 2. The van der Waals surface area contributed by atoms with Crippen LogP contribution in [0.2, 0.25) is 5.02 Å². The lowest BCUT2D eigenvalue weighted by atomic mass is 9.85. The Labute approximate surface area is 116 Å². The standard InChI is InChI=1S/C13H15ClN4O/c14-11-9(7-15)5-6-17-13(11)18-10-3-1-8(2-4-10)12(16)19/h5-6,8,10H,1-4H2,(H2,16,19)(H,17,18). The van der Waals surface area contributed by atoms with Crippen molar-refractivity contribution < 1.29 is 4.79 Å². The van der Waals surface area contributed by atoms with E-state index in [0.29, 0.717) is 16.4 Å². The Morgan fingerprint density at radius 2 is 2.16 bits per heavy atom. The minimum absolute atomic E-state index is 0.0214. The van der Waals surface area contributed by atoms with E-state index in [-0.39, 0.29) is 17.9 Å². The smallest absolute Gasteiger partial charge is 0.220 e. The van der Waals surface area contributed by atoms with Crippen molar-refractivity contribution in [2.24, 2.45) is 11.7 Å². The molecule has 1 fully saturated rings. The number of nitrogens with two attached hydrogens (primary N) is 1. The van der Waals surface area contributed by atoms with E-state index in [9.17, 15) is 4.79 Å². The summed E-state index contributed by atoms with van der Waals surface area (Å²) in [4.78, 5) is 15.2. The maximum absolute atomic E-state index is 11.1. The van der Waals surface area contributed by atoms with E-state index in [4.69, 9.17) is 22.6 Å². The lowest BCUT2D eigenvalue weighted by Gasteiger charge is -2.28. The molecule has 3 N–H and O–H groups in total. The molecule has 1 heterocycles. The number of anilines is 1. The minimum Gasteiger partial charge on any atom is -0.369 e. The number of carbonyl (C=O) groups is 1. The zero-order valence-corrected chi connectivity index (χ0v) is 11.2. The van der Waals surface area contributed by atoms with Crippen LogP contribution in [0.3, 0.4) is 0 Å². The number of nitrogens with one attached hydrogen (secondary N) is 1. The Morgan fingerprint density at radius 3 is 2.74 bits per heavy atom. The summed E-state index contributed by atoms with van der Waals surface area (Å²) in [6.07, 6.45) is 4.82. The molecule has 1 saturated carbocycles. The van der Waals surface area contributed by atoms with Crippen LogP contribution < -0.4 is 11.1 Å². The zero-order chi connectivity index (χ0) is 13.8. The van der Waals surface area contributed by atoms with Crippen molar-refractivity contribution in [3.63, 3.8) is 0 Å². The number of amides is 1. The van der Waals surface area contributed by atoms with Gasteiger partial charge in [-0.25, -0.2) is 4.98 Å². The predicted molar refractivity (Wildman–Crippen MR) is 72.5 cm³/mol. The van der Waals surface area contributed by atoms with Crippen molar-refractivity contribution in [1.82, 2.24) is 4.98 Å². The van der Waals surface area contributed by atoms with Crippen LogP contribution in [0.5, 0.6) is 0 Å². The highest BCUT2D eigenvalue weighted by molar-refractivity contribution is 6.34. The SMILES string of the molecule is N#Cc1ccnc(NC2CCC(C(N)=O)CC2)c1Cl. The summed E-state index contributed by atoms with van der Waals surface area (Å²) in [5.41, 5.74) is 5.71. The summed E-state index contributed by atoms with van der Waals surface area (Å²) in [6.45, 7) is 0. The van der Waals surface area contributed by atoms with Crippen LogP contribution in [0.1, 0.15) is 31.2 Å². The van der Waals surface area contributed by atoms with E-state index in [1.165, 1.54) is 0 Å². The molecule has 0 saturated heterocycles. The molecule has 5 nitrogen and oxygen atoms in total. The molecular weight excluding hydrogens is 264 g/mol. The first-order chi connectivity index (χ1) is 9.11. The molecule has 100 valence electrons. The van der Waals surface area contributed by atoms with Gasteiger partial charge in [0.25, 0.3) is 0 Å². The van der Waals surface area contributed by atoms with E-state index in [0.717, 1.165) is 25.7 Å². The number of aromatic nitrogens is 1. The normalized spacial score (nSPS) is 22.5. The number of primary amides is 1. The largest absolute Gasteiger partial charge is 0.369 e. The first kappa shape index (κ1) is 13.6. The molecule has 0 unspecified atom stereocenters. The fourth-order valence-electron chi connectivity index (χ4n) is 2.35. The van der Waals surface area contributed by atoms with E-state index >= 15 is 0 Å². The number of hydrogen-bond acceptors (Lipinski definition) is 4. The number of nitrogens with zero attached hydrogens (tertiary/aromatic N) is 2. The lowest BCUT2D eigenvalue weighted by molar-refractivity contribution is -0.122. The highest BCUT2D eigenvalue weighted by Crippen LogP contribution is 2.29. The van der Waals surface area contributed by atoms with Crippen molar-refractivity contribution in [3.05, 3.63) is 22.8 Å². The topological polar surface area (TPSA) is 91.8 Å². The molecule has 0 bridgehead atoms. The Morgan fingerprint density at radius 1 is 1.47 bits per heavy atom. The summed E-state index contributed by atoms with van der Waals surface area (Å²) in [7, 11) is 0. The molecule has 0 radical (unpaired) electrons. The molecule has 1 aliphatic rings. The van der Waals surface area contributed by atoms with Crippen LogP contribution >= 0.6 is 11.6 Å². The van der Waals surface area contributed by atoms with Gasteiger partial charge in [-0.1, -0.05) is 11.6 Å². The van der Waals surface area contributed by atoms with Crippen molar-refractivity contribution in [1.29, 1.82) is 5.26 Å². The number of nitriles is 1. The van der Waals surface area contributed by atoms with E-state index in [1.807, 2.05) is 6.07 Å². The second-order valence-corrected chi connectivity index (χ2v) is 5.11. The molecule has 0 spiro atoms. The number of halogens is 1. The van der Waals surface area contributed by atoms with Crippen LogP contribution in [0, 0.1) is 17.2 Å². The summed E-state index contributed by atoms with van der Waals surface area (Å²) in [5.74, 6) is 0.288. The second kappa shape index (κ2) is 5.89. The Kier molecular flexibility index (Phi) is 4.23. The molecule has 1 aliphatic carbocycles. The van der Waals surface area contributed by atoms with Gasteiger partial charge in [-0.15, -0.1) is 0 Å². The molecule has 0 aromatic carbocycles. The maximum Gasteiger partial charge on any atom is 0.220 e. The van der Waals surface area contributed by atoms with E-state index in [2.05, 4.69) is 10.3 Å². The number of pyridine rings is 1. The summed E-state index contributed by atoms with van der Waals surface area (Å²) in [5, 5.41) is 12.5. The van der Waals surface area contributed by atoms with Gasteiger partial charge in [0.05, 0.1) is 5.56 Å². The second-order valence-electron chi connectivity index (χ2n) is 4.73. The Hall–Kier alpha value is -1.80. The summed E-state index contributed by atoms with van der Waals surface area (Å²) in [6, 6.07) is 3.82. The van der Waals surface area contributed by atoms with Gasteiger partial charge < -0.3 is 11.1 Å². The van der Waals surface area contributed by atoms with Crippen molar-refractivity contribution in [2.75, 3.05) is 5.32 Å². The molecule has 6 heteroatoms. The van der Waals surface area contributed by atoms with Crippen molar-refractivity contribution in [2.45, 2.75) is 31.7 Å². The van der Waals surface area contributed by atoms with Crippen LogP contribution in [0.4, 0.5) is 5.82 Å². The Bertz CT molecular complexity index is 518. The number of carbonyl (C=O) groups excluding carboxylic acids is 1. The zero-order valence-electron chi connectivity index (χ0n) is 10.4. The molecule has 0 aliphatic heterocycles. The first-order valence-corrected chi connectivity index (χ1v) is 6.60. The van der Waals surface area contributed by atoms with Gasteiger partial charge in [0.2, 0.25) is 5.91 Å². The van der Waals surface area contributed by atoms with Gasteiger partial charge in [-0.2, -0.15) is 5.26 Å². The first-order valence-electron chi connectivity index (χ1n) is 6.22. The van der Waals surface area contributed by atoms with Gasteiger partial charge in [0.1, 0.15) is 16.9 Å². The minimum atomic E-state index is -0.221. The highest BCUT2D eigenvalue weighted by Gasteiger charge is 2.25. The molecule has 1 aromatic rings. The molecule has 1 aromatic heterocycles. The third-order valence-corrected chi connectivity index (χ3v) is 3.86. The molecule has 1 amide bonds. The predicted octanol–water partition coefficient (Wildman–Crippen LogP) is 2.06. The lowest BCUT2D eigenvalue weighted by Crippen LogP contribution is -2.32. The Balaban J connectivity index is 2.00. The number of rotatable bonds is 3. The summed E-state index contributed by atoms with van der Waals surface area (Å²) >= 11 is 6.09. The van der Waals surface area contributed by atoms with Crippen LogP contribution in [0.15, 0.2) is 12.3 Å². The average molecular weight is 279 g/mol. The fourth-order valence-corrected chi connectivity index (χ4v) is 2.55. The third kappa shape index (κ3) is 3.15. The highest BCUT2D eigenvalue weighted by atomic mass is 35.5. The van der Waals surface area contributed by atoms with Crippen LogP contribution in [-0.4, -0.2) is 16.9 Å². The van der Waals surface area contributed by atoms with Gasteiger partial charge in [0, 0.05) is 18.2 Å². The molecule has 19 heavy (non-hydrogen) atoms. The fraction of sp³-hybridized carbons (Fsp3) is 0.462. The van der Waals surface area contributed by atoms with E-state index in [1.54, 1.807) is 12.3 Å². The van der Waals surface area contributed by atoms with Gasteiger partial charge in [-0.05, 0) is 31.7 Å². The third-order valence-electron chi connectivity index (χ3n) is 3.48. The van der Waals surface area contributed by atoms with Gasteiger partial charge in [-0.3, -0.25) is 4.79 Å². The summed E-state index contributed by atoms with van der Waals surface area (Å²) < 4.78 is 0. The maximum atomic E-state index is 11.1. The average Bonchev–Trinajstić information content (AvgIpc) is 2.42. The van der Waals surface area contributed by atoms with Crippen molar-refractivity contribution >= 4 is 23.3 Å². The molecule has 2 rings (SSSR count). The monoisotopic (exact) mass is 278 g/mol. The van der Waals surface area contributed by atoms with Gasteiger partial charge >= 0.3 is 0 Å². The van der Waals surface area contributed by atoms with Crippen LogP contribution in [0.25, 0.3) is 0 Å².